The molecule has 6 rings (SSSR count). The van der Waals surface area contributed by atoms with E-state index in [2.05, 4.69) is 61.4 Å². The summed E-state index contributed by atoms with van der Waals surface area (Å²) in [5.74, 6) is -0.257. The van der Waals surface area contributed by atoms with Gasteiger partial charge in [-0.3, -0.25) is 0 Å². The van der Waals surface area contributed by atoms with E-state index in [1.807, 2.05) is 36.4 Å². The van der Waals surface area contributed by atoms with E-state index in [1.165, 1.54) is 21.7 Å². The quantitative estimate of drug-likeness (QED) is 0.259. The zero-order valence-electron chi connectivity index (χ0n) is 19.3. The largest absolute Gasteiger partial charge is 0.456 e. The Kier molecular flexibility index (Phi) is 4.75. The number of furan rings is 1. The van der Waals surface area contributed by atoms with E-state index in [1.54, 1.807) is 23.5 Å². The summed E-state index contributed by atoms with van der Waals surface area (Å²) in [5.41, 5.74) is 5.81. The van der Waals surface area contributed by atoms with Crippen molar-refractivity contribution in [2.45, 2.75) is 26.2 Å². The third-order valence-electron chi connectivity index (χ3n) is 6.34. The van der Waals surface area contributed by atoms with Gasteiger partial charge in [0.1, 0.15) is 17.0 Å². The molecule has 34 heavy (non-hydrogen) atoms. The van der Waals surface area contributed by atoms with Gasteiger partial charge in [0, 0.05) is 37.6 Å². The molecule has 0 radical (unpaired) electrons. The van der Waals surface area contributed by atoms with Crippen molar-refractivity contribution in [2.24, 2.45) is 0 Å². The van der Waals surface area contributed by atoms with E-state index in [-0.39, 0.29) is 11.2 Å². The molecule has 0 aliphatic heterocycles. The van der Waals surface area contributed by atoms with Gasteiger partial charge in [0.2, 0.25) is 0 Å². The van der Waals surface area contributed by atoms with Crippen molar-refractivity contribution >= 4 is 60.4 Å². The number of para-hydroxylation sites is 1. The lowest BCUT2D eigenvalue weighted by atomic mass is 9.86. The number of halogens is 1. The Morgan fingerprint density at radius 2 is 1.53 bits per heavy atom. The third kappa shape index (κ3) is 3.46. The Morgan fingerprint density at radius 3 is 2.35 bits per heavy atom. The molecule has 0 amide bonds. The summed E-state index contributed by atoms with van der Waals surface area (Å²) in [4.78, 5) is 2.15. The summed E-state index contributed by atoms with van der Waals surface area (Å²) in [6.45, 7) is 6.67. The number of hydrogen-bond acceptors (Lipinski definition) is 3. The number of rotatable bonds is 3. The molecule has 0 fully saturated rings. The van der Waals surface area contributed by atoms with Crippen LogP contribution in [0.15, 0.2) is 94.7 Å². The maximum absolute atomic E-state index is 14.4. The van der Waals surface area contributed by atoms with Crippen LogP contribution in [0.2, 0.25) is 0 Å². The molecule has 2 aromatic heterocycles. The average Bonchev–Trinajstić information content (AvgIpc) is 3.40. The molecule has 0 saturated heterocycles. The molecule has 0 bridgehead atoms. The first-order chi connectivity index (χ1) is 16.4. The van der Waals surface area contributed by atoms with Crippen LogP contribution < -0.4 is 4.90 Å². The fourth-order valence-electron chi connectivity index (χ4n) is 4.55. The monoisotopic (exact) mass is 465 g/mol. The van der Waals surface area contributed by atoms with E-state index in [4.69, 9.17) is 4.42 Å². The zero-order valence-corrected chi connectivity index (χ0v) is 20.1. The normalized spacial score (nSPS) is 12.1. The first-order valence-electron chi connectivity index (χ1n) is 11.4. The van der Waals surface area contributed by atoms with E-state index in [0.717, 1.165) is 39.0 Å². The van der Waals surface area contributed by atoms with E-state index >= 15 is 0 Å². The first-order valence-corrected chi connectivity index (χ1v) is 12.3. The summed E-state index contributed by atoms with van der Waals surface area (Å²) in [6, 6.07) is 27.7. The number of hydrogen-bond donors (Lipinski definition) is 0. The average molecular weight is 466 g/mol. The smallest absolute Gasteiger partial charge is 0.135 e. The maximum atomic E-state index is 14.4. The predicted molar refractivity (Wildman–Crippen MR) is 142 cm³/mol. The van der Waals surface area contributed by atoms with Gasteiger partial charge >= 0.3 is 0 Å². The van der Waals surface area contributed by atoms with Gasteiger partial charge in [0.05, 0.1) is 5.69 Å². The lowest BCUT2D eigenvalue weighted by molar-refractivity contribution is 0.591. The van der Waals surface area contributed by atoms with Crippen LogP contribution in [0.5, 0.6) is 0 Å². The molecule has 2 heterocycles. The van der Waals surface area contributed by atoms with Gasteiger partial charge in [-0.05, 0) is 65.6 Å². The molecule has 0 atom stereocenters. The second kappa shape index (κ2) is 7.71. The molecule has 4 aromatic carbocycles. The van der Waals surface area contributed by atoms with Gasteiger partial charge in [-0.25, -0.2) is 4.39 Å². The van der Waals surface area contributed by atoms with Crippen LogP contribution in [-0.4, -0.2) is 0 Å². The lowest BCUT2D eigenvalue weighted by Gasteiger charge is -2.26. The van der Waals surface area contributed by atoms with Gasteiger partial charge in [-0.15, -0.1) is 11.3 Å². The van der Waals surface area contributed by atoms with Crippen LogP contribution >= 0.6 is 11.3 Å². The molecule has 2 nitrogen and oxygen atoms in total. The Hall–Kier alpha value is -3.63. The van der Waals surface area contributed by atoms with Crippen LogP contribution in [0.3, 0.4) is 0 Å². The molecular formula is C30H24FNOS. The van der Waals surface area contributed by atoms with Crippen molar-refractivity contribution < 1.29 is 8.81 Å². The van der Waals surface area contributed by atoms with Gasteiger partial charge < -0.3 is 9.32 Å². The highest BCUT2D eigenvalue weighted by molar-refractivity contribution is 7.17. The van der Waals surface area contributed by atoms with E-state index in [9.17, 15) is 4.39 Å². The van der Waals surface area contributed by atoms with Crippen LogP contribution in [0, 0.1) is 5.82 Å². The van der Waals surface area contributed by atoms with Crippen molar-refractivity contribution in [3.05, 3.63) is 102 Å². The summed E-state index contributed by atoms with van der Waals surface area (Å²) in [5, 5.41) is 5.45. The zero-order chi connectivity index (χ0) is 23.4. The van der Waals surface area contributed by atoms with E-state index in [0.29, 0.717) is 0 Å². The van der Waals surface area contributed by atoms with Crippen LogP contribution in [-0.2, 0) is 5.41 Å². The highest BCUT2D eigenvalue weighted by atomic mass is 32.1. The standard InChI is InChI=1S/C30H24FNOS/c1-30(2,3)19-11-14-29-25(15-19)26(18-34-29)32(21-8-6-7-20(31)16-21)22-12-13-28-24(17-22)23-9-4-5-10-27(23)33-28/h4-18H,1-3H3. The molecule has 0 N–H and O–H groups in total. The molecule has 0 aliphatic rings. The van der Waals surface area contributed by atoms with Crippen molar-refractivity contribution in [3.8, 4) is 0 Å². The van der Waals surface area contributed by atoms with Crippen molar-refractivity contribution in [1.82, 2.24) is 0 Å². The summed E-state index contributed by atoms with van der Waals surface area (Å²) in [6.07, 6.45) is 0. The number of nitrogens with zero attached hydrogens (tertiary/aromatic N) is 1. The Bertz CT molecular complexity index is 1670. The van der Waals surface area contributed by atoms with Gasteiger partial charge in [0.25, 0.3) is 0 Å². The number of anilines is 3. The second-order valence-electron chi connectivity index (χ2n) is 9.68. The third-order valence-corrected chi connectivity index (χ3v) is 7.30. The minimum Gasteiger partial charge on any atom is -0.456 e. The molecule has 4 heteroatoms. The molecule has 0 aliphatic carbocycles. The van der Waals surface area contributed by atoms with Crippen LogP contribution in [0.25, 0.3) is 32.0 Å². The Morgan fingerprint density at radius 1 is 0.735 bits per heavy atom. The minimum absolute atomic E-state index is 0.0334. The molecule has 6 aromatic rings. The number of fused-ring (bicyclic) bond motifs is 4. The molecular weight excluding hydrogens is 441 g/mol. The van der Waals surface area contributed by atoms with E-state index < -0.39 is 0 Å². The van der Waals surface area contributed by atoms with Gasteiger partial charge in [0.15, 0.2) is 0 Å². The SMILES string of the molecule is CC(C)(C)c1ccc2scc(N(c3cccc(F)c3)c3ccc4oc5ccccc5c4c3)c2c1. The number of thiophene rings is 1. The van der Waals surface area contributed by atoms with Gasteiger partial charge in [-0.1, -0.05) is 51.1 Å². The fraction of sp³-hybridized carbons (Fsp3) is 0.133. The Balaban J connectivity index is 1.62. The summed E-state index contributed by atoms with van der Waals surface area (Å²) >= 11 is 1.71. The van der Waals surface area contributed by atoms with Crippen LogP contribution in [0.1, 0.15) is 26.3 Å². The molecule has 0 saturated carbocycles. The highest BCUT2D eigenvalue weighted by Gasteiger charge is 2.21. The first kappa shape index (κ1) is 20.9. The fourth-order valence-corrected chi connectivity index (χ4v) is 5.46. The van der Waals surface area contributed by atoms with Gasteiger partial charge in [-0.2, -0.15) is 0 Å². The predicted octanol–water partition coefficient (Wildman–Crippen LogP) is 9.71. The molecule has 0 spiro atoms. The molecule has 0 unspecified atom stereocenters. The van der Waals surface area contributed by atoms with Crippen LogP contribution in [0.4, 0.5) is 21.5 Å². The topological polar surface area (TPSA) is 16.4 Å². The summed E-state index contributed by atoms with van der Waals surface area (Å²) < 4.78 is 21.6. The minimum atomic E-state index is -0.257. The molecule has 168 valence electrons. The maximum Gasteiger partial charge on any atom is 0.135 e. The van der Waals surface area contributed by atoms with Crippen molar-refractivity contribution in [2.75, 3.05) is 4.90 Å². The van der Waals surface area contributed by atoms with Crippen molar-refractivity contribution in [3.63, 3.8) is 0 Å². The second-order valence-corrected chi connectivity index (χ2v) is 10.6. The Labute approximate surface area is 201 Å². The lowest BCUT2D eigenvalue weighted by Crippen LogP contribution is -2.12. The number of benzene rings is 4. The summed E-state index contributed by atoms with van der Waals surface area (Å²) in [7, 11) is 0. The highest BCUT2D eigenvalue weighted by Crippen LogP contribution is 2.44. The van der Waals surface area contributed by atoms with Crippen molar-refractivity contribution in [1.29, 1.82) is 0 Å².